The minimum absolute atomic E-state index is 0.0931. The predicted octanol–water partition coefficient (Wildman–Crippen LogP) is 2.21. The molecule has 5 nitrogen and oxygen atoms in total. The van der Waals surface area contributed by atoms with Crippen molar-refractivity contribution in [2.45, 2.75) is 13.0 Å². The van der Waals surface area contributed by atoms with E-state index in [9.17, 15) is 0 Å². The predicted molar refractivity (Wildman–Crippen MR) is 62.9 cm³/mol. The first-order valence-corrected chi connectivity index (χ1v) is 6.05. The zero-order valence-electron chi connectivity index (χ0n) is 8.31. The molecule has 2 aromatic rings. The number of aromatic nitrogens is 4. The molecule has 2 rings (SSSR count). The maximum absolute atomic E-state index is 4.26. The van der Waals surface area contributed by atoms with Crippen molar-refractivity contribution in [3.8, 4) is 0 Å². The van der Waals surface area contributed by atoms with E-state index in [0.717, 1.165) is 15.6 Å². The Kier molecular flexibility index (Phi) is 3.01. The van der Waals surface area contributed by atoms with E-state index in [1.165, 1.54) is 0 Å². The lowest BCUT2D eigenvalue weighted by atomic mass is 10.3. The third-order valence-corrected chi connectivity index (χ3v) is 3.43. The van der Waals surface area contributed by atoms with Gasteiger partial charge in [-0.1, -0.05) is 0 Å². The molecule has 0 amide bonds. The summed E-state index contributed by atoms with van der Waals surface area (Å²) in [5, 5.41) is 13.9. The van der Waals surface area contributed by atoms with Crippen molar-refractivity contribution in [2.75, 3.05) is 5.32 Å². The Morgan fingerprint density at radius 1 is 1.60 bits per heavy atom. The van der Waals surface area contributed by atoms with E-state index in [1.54, 1.807) is 17.7 Å². The molecule has 0 aliphatic carbocycles. The van der Waals surface area contributed by atoms with Crippen LogP contribution >= 0.6 is 27.3 Å². The molecule has 15 heavy (non-hydrogen) atoms. The van der Waals surface area contributed by atoms with Crippen LogP contribution in [0.15, 0.2) is 16.3 Å². The van der Waals surface area contributed by atoms with Crippen LogP contribution in [0, 0.1) is 0 Å². The Bertz CT molecular complexity index is 451. The zero-order valence-corrected chi connectivity index (χ0v) is 10.7. The molecule has 0 radical (unpaired) electrons. The lowest BCUT2D eigenvalue weighted by molar-refractivity contribution is 0.718. The van der Waals surface area contributed by atoms with Crippen molar-refractivity contribution in [2.24, 2.45) is 7.05 Å². The van der Waals surface area contributed by atoms with Gasteiger partial charge in [-0.25, -0.2) is 4.98 Å². The number of aryl methyl sites for hydroxylation is 1. The van der Waals surface area contributed by atoms with Crippen LogP contribution < -0.4 is 5.32 Å². The van der Waals surface area contributed by atoms with E-state index < -0.39 is 0 Å². The Balaban J connectivity index is 2.10. The third kappa shape index (κ3) is 2.35. The Labute approximate surface area is 99.7 Å². The quantitative estimate of drug-likeness (QED) is 0.940. The first-order valence-electron chi connectivity index (χ1n) is 4.38. The van der Waals surface area contributed by atoms with Crippen molar-refractivity contribution in [1.82, 2.24) is 19.7 Å². The Hall–Kier alpha value is -0.950. The number of anilines is 1. The molecule has 0 bridgehead atoms. The Morgan fingerprint density at radius 3 is 2.93 bits per heavy atom. The molecular formula is C8H10BrN5S. The summed E-state index contributed by atoms with van der Waals surface area (Å²) >= 11 is 4.87. The highest BCUT2D eigenvalue weighted by atomic mass is 79.9. The molecule has 1 unspecified atom stereocenters. The molecule has 7 heteroatoms. The van der Waals surface area contributed by atoms with Crippen molar-refractivity contribution in [3.05, 3.63) is 22.1 Å². The van der Waals surface area contributed by atoms with Crippen LogP contribution in [0.1, 0.15) is 18.8 Å². The maximum atomic E-state index is 4.26. The van der Waals surface area contributed by atoms with Crippen LogP contribution in [0.3, 0.4) is 0 Å². The molecule has 0 aliphatic rings. The van der Waals surface area contributed by atoms with Crippen molar-refractivity contribution in [3.63, 3.8) is 0 Å². The van der Waals surface area contributed by atoms with Gasteiger partial charge in [-0.15, -0.1) is 21.5 Å². The molecule has 0 spiro atoms. The average molecular weight is 288 g/mol. The minimum Gasteiger partial charge on any atom is -0.352 e. The summed E-state index contributed by atoms with van der Waals surface area (Å²) < 4.78 is 2.74. The molecule has 0 aromatic carbocycles. The monoisotopic (exact) mass is 287 g/mol. The number of halogens is 1. The summed E-state index contributed by atoms with van der Waals surface area (Å²) in [6.45, 7) is 2.03. The summed E-state index contributed by atoms with van der Waals surface area (Å²) in [4.78, 5) is 4.26. The fourth-order valence-electron chi connectivity index (χ4n) is 1.25. The summed E-state index contributed by atoms with van der Waals surface area (Å²) in [5.74, 6) is 0.890. The van der Waals surface area contributed by atoms with E-state index in [1.807, 2.05) is 23.9 Å². The van der Waals surface area contributed by atoms with E-state index in [-0.39, 0.29) is 6.04 Å². The van der Waals surface area contributed by atoms with Crippen molar-refractivity contribution in [1.29, 1.82) is 0 Å². The van der Waals surface area contributed by atoms with Gasteiger partial charge >= 0.3 is 0 Å². The van der Waals surface area contributed by atoms with Gasteiger partial charge in [0.1, 0.15) is 10.9 Å². The number of rotatable bonds is 3. The van der Waals surface area contributed by atoms with Gasteiger partial charge in [-0.2, -0.15) is 0 Å². The highest BCUT2D eigenvalue weighted by Crippen LogP contribution is 2.23. The normalized spacial score (nSPS) is 12.7. The second-order valence-electron chi connectivity index (χ2n) is 3.14. The zero-order chi connectivity index (χ0) is 10.8. The first-order chi connectivity index (χ1) is 7.16. The van der Waals surface area contributed by atoms with Gasteiger partial charge in [0.25, 0.3) is 0 Å². The van der Waals surface area contributed by atoms with Crippen LogP contribution in [0.4, 0.5) is 5.13 Å². The molecule has 1 atom stereocenters. The first kappa shape index (κ1) is 10.6. The van der Waals surface area contributed by atoms with Gasteiger partial charge < -0.3 is 9.88 Å². The lowest BCUT2D eigenvalue weighted by Gasteiger charge is -2.11. The van der Waals surface area contributed by atoms with Gasteiger partial charge in [0, 0.05) is 12.4 Å². The molecule has 1 N–H and O–H groups in total. The second-order valence-corrected chi connectivity index (χ2v) is 4.81. The summed E-state index contributed by atoms with van der Waals surface area (Å²) in [6.07, 6.45) is 1.69. The minimum atomic E-state index is 0.0931. The highest BCUT2D eigenvalue weighted by molar-refractivity contribution is 9.10. The van der Waals surface area contributed by atoms with Crippen LogP contribution in [0.2, 0.25) is 0 Å². The molecule has 2 aromatic heterocycles. The molecule has 2 heterocycles. The maximum Gasteiger partial charge on any atom is 0.184 e. The fraction of sp³-hybridized carbons (Fsp3) is 0.375. The summed E-state index contributed by atoms with van der Waals surface area (Å²) in [7, 11) is 1.92. The van der Waals surface area contributed by atoms with E-state index in [2.05, 4.69) is 36.4 Å². The molecule has 0 saturated carbocycles. The average Bonchev–Trinajstić information content (AvgIpc) is 2.75. The SMILES string of the molecule is CC(Nc1nc(Br)cs1)c1nncn1C. The fourth-order valence-corrected chi connectivity index (χ4v) is 2.49. The summed E-state index contributed by atoms with van der Waals surface area (Å²) in [6, 6.07) is 0.0931. The van der Waals surface area contributed by atoms with Crippen molar-refractivity contribution >= 4 is 32.4 Å². The van der Waals surface area contributed by atoms with Crippen LogP contribution in [0.25, 0.3) is 0 Å². The van der Waals surface area contributed by atoms with E-state index in [4.69, 9.17) is 0 Å². The van der Waals surface area contributed by atoms with Crippen LogP contribution in [-0.4, -0.2) is 19.7 Å². The molecule has 0 aliphatic heterocycles. The highest BCUT2D eigenvalue weighted by Gasteiger charge is 2.12. The standard InChI is InChI=1S/C8H10BrN5S/c1-5(7-13-10-4-14(7)2)11-8-12-6(9)3-15-8/h3-5H,1-2H3,(H,11,12). The van der Waals surface area contributed by atoms with Crippen LogP contribution in [0.5, 0.6) is 0 Å². The number of thiazole rings is 1. The number of nitrogens with zero attached hydrogens (tertiary/aromatic N) is 4. The second kappa shape index (κ2) is 4.28. The molecule has 0 fully saturated rings. The lowest BCUT2D eigenvalue weighted by Crippen LogP contribution is -2.11. The largest absolute Gasteiger partial charge is 0.352 e. The van der Waals surface area contributed by atoms with Gasteiger partial charge in [-0.3, -0.25) is 0 Å². The number of hydrogen-bond donors (Lipinski definition) is 1. The smallest absolute Gasteiger partial charge is 0.184 e. The number of nitrogens with one attached hydrogen (secondary N) is 1. The Morgan fingerprint density at radius 2 is 2.40 bits per heavy atom. The van der Waals surface area contributed by atoms with E-state index in [0.29, 0.717) is 0 Å². The molecular weight excluding hydrogens is 278 g/mol. The molecule has 0 saturated heterocycles. The summed E-state index contributed by atoms with van der Waals surface area (Å²) in [5.41, 5.74) is 0. The third-order valence-electron chi connectivity index (χ3n) is 1.95. The van der Waals surface area contributed by atoms with Crippen LogP contribution in [-0.2, 0) is 7.05 Å². The van der Waals surface area contributed by atoms with Gasteiger partial charge in [0.05, 0.1) is 6.04 Å². The topological polar surface area (TPSA) is 55.6 Å². The number of hydrogen-bond acceptors (Lipinski definition) is 5. The van der Waals surface area contributed by atoms with Gasteiger partial charge in [0.2, 0.25) is 0 Å². The molecule has 80 valence electrons. The van der Waals surface area contributed by atoms with E-state index >= 15 is 0 Å². The van der Waals surface area contributed by atoms with Gasteiger partial charge in [-0.05, 0) is 22.9 Å². The van der Waals surface area contributed by atoms with Gasteiger partial charge in [0.15, 0.2) is 11.0 Å². The van der Waals surface area contributed by atoms with Crippen molar-refractivity contribution < 1.29 is 0 Å².